The third-order valence-electron chi connectivity index (χ3n) is 4.90. The molecule has 0 saturated heterocycles. The summed E-state index contributed by atoms with van der Waals surface area (Å²) >= 11 is 0. The monoisotopic (exact) mass is 245 g/mol. The fraction of sp³-hybridized carbons (Fsp3) is 0.625. The van der Waals surface area contributed by atoms with Crippen molar-refractivity contribution in [1.82, 2.24) is 0 Å². The largest absolute Gasteiger partial charge is 0.392 e. The summed E-state index contributed by atoms with van der Waals surface area (Å²) in [4.78, 5) is 0. The number of fused-ring (bicyclic) bond motifs is 1. The molecular formula is C16H23NO. The van der Waals surface area contributed by atoms with Gasteiger partial charge < -0.3 is 10.8 Å². The summed E-state index contributed by atoms with van der Waals surface area (Å²) in [5, 5.41) is 10.6. The van der Waals surface area contributed by atoms with Crippen LogP contribution in [0.3, 0.4) is 0 Å². The second-order valence-corrected chi connectivity index (χ2v) is 6.23. The zero-order valence-electron chi connectivity index (χ0n) is 11.0. The van der Waals surface area contributed by atoms with Crippen molar-refractivity contribution >= 4 is 0 Å². The molecule has 3 N–H and O–H groups in total. The smallest absolute Gasteiger partial charge is 0.0649 e. The number of benzene rings is 1. The molecule has 0 radical (unpaired) electrons. The van der Waals surface area contributed by atoms with Gasteiger partial charge in [0.15, 0.2) is 0 Å². The maximum atomic E-state index is 10.6. The van der Waals surface area contributed by atoms with Crippen LogP contribution in [-0.4, -0.2) is 17.8 Å². The molecule has 4 unspecified atom stereocenters. The molecule has 0 aromatic heterocycles. The molecular weight excluding hydrogens is 222 g/mol. The Morgan fingerprint density at radius 2 is 2.00 bits per heavy atom. The van der Waals surface area contributed by atoms with E-state index in [0.717, 1.165) is 11.8 Å². The van der Waals surface area contributed by atoms with Gasteiger partial charge in [0.25, 0.3) is 0 Å². The molecule has 2 nitrogen and oxygen atoms in total. The number of hydrogen-bond acceptors (Lipinski definition) is 2. The second-order valence-electron chi connectivity index (χ2n) is 6.23. The highest BCUT2D eigenvalue weighted by Crippen LogP contribution is 2.56. The molecule has 0 spiro atoms. The normalized spacial score (nSPS) is 32.9. The van der Waals surface area contributed by atoms with E-state index in [0.29, 0.717) is 12.5 Å². The summed E-state index contributed by atoms with van der Waals surface area (Å²) in [5.74, 6) is 2.41. The first kappa shape index (κ1) is 12.2. The molecule has 2 aliphatic rings. The van der Waals surface area contributed by atoms with Gasteiger partial charge >= 0.3 is 0 Å². The standard InChI is InChI=1S/C16H23NO/c1-10-3-2-4-11(5-10)15(9-17)16(18)14-7-12-6-13(12)8-14/h2-5,12-16,18H,6-9,17H2,1H3. The first-order chi connectivity index (χ1) is 8.69. The Kier molecular flexibility index (Phi) is 3.16. The third-order valence-corrected chi connectivity index (χ3v) is 4.90. The molecule has 4 atom stereocenters. The van der Waals surface area contributed by atoms with Gasteiger partial charge in [-0.15, -0.1) is 0 Å². The lowest BCUT2D eigenvalue weighted by atomic mass is 9.83. The van der Waals surface area contributed by atoms with Crippen molar-refractivity contribution in [2.45, 2.75) is 38.2 Å². The van der Waals surface area contributed by atoms with E-state index < -0.39 is 0 Å². The van der Waals surface area contributed by atoms with Crippen molar-refractivity contribution in [3.05, 3.63) is 35.4 Å². The molecule has 18 heavy (non-hydrogen) atoms. The van der Waals surface area contributed by atoms with Crippen LogP contribution in [0.25, 0.3) is 0 Å². The topological polar surface area (TPSA) is 46.2 Å². The average Bonchev–Trinajstić information content (AvgIpc) is 2.97. The van der Waals surface area contributed by atoms with Crippen molar-refractivity contribution in [3.63, 3.8) is 0 Å². The molecule has 2 aliphatic carbocycles. The Bertz CT molecular complexity index is 421. The number of rotatable bonds is 4. The van der Waals surface area contributed by atoms with Gasteiger partial charge in [0.05, 0.1) is 6.10 Å². The zero-order valence-corrected chi connectivity index (χ0v) is 11.0. The van der Waals surface area contributed by atoms with Crippen LogP contribution in [0.5, 0.6) is 0 Å². The van der Waals surface area contributed by atoms with Crippen LogP contribution in [0.2, 0.25) is 0 Å². The van der Waals surface area contributed by atoms with Crippen molar-refractivity contribution in [3.8, 4) is 0 Å². The predicted octanol–water partition coefficient (Wildman–Crippen LogP) is 2.44. The molecule has 0 aliphatic heterocycles. The van der Waals surface area contributed by atoms with E-state index in [2.05, 4.69) is 31.2 Å². The number of aliphatic hydroxyl groups is 1. The Morgan fingerprint density at radius 3 is 2.61 bits per heavy atom. The predicted molar refractivity (Wildman–Crippen MR) is 73.3 cm³/mol. The van der Waals surface area contributed by atoms with Gasteiger partial charge in [-0.1, -0.05) is 29.8 Å². The molecule has 98 valence electrons. The highest BCUT2D eigenvalue weighted by atomic mass is 16.3. The minimum absolute atomic E-state index is 0.104. The van der Waals surface area contributed by atoms with Gasteiger partial charge in [-0.2, -0.15) is 0 Å². The molecule has 3 rings (SSSR count). The molecule has 1 aromatic carbocycles. The van der Waals surface area contributed by atoms with E-state index in [1.54, 1.807) is 0 Å². The van der Waals surface area contributed by atoms with Gasteiger partial charge in [0.1, 0.15) is 0 Å². The maximum absolute atomic E-state index is 10.6. The summed E-state index contributed by atoms with van der Waals surface area (Å²) in [6.07, 6.45) is 3.58. The molecule has 0 bridgehead atoms. The van der Waals surface area contributed by atoms with Crippen molar-refractivity contribution in [1.29, 1.82) is 0 Å². The van der Waals surface area contributed by atoms with E-state index in [4.69, 9.17) is 5.73 Å². The Hall–Kier alpha value is -0.860. The van der Waals surface area contributed by atoms with E-state index >= 15 is 0 Å². The summed E-state index contributed by atoms with van der Waals surface area (Å²) in [6, 6.07) is 8.42. The highest BCUT2D eigenvalue weighted by Gasteiger charge is 2.48. The van der Waals surface area contributed by atoms with Crippen LogP contribution in [0.15, 0.2) is 24.3 Å². The van der Waals surface area contributed by atoms with Crippen molar-refractivity contribution in [2.75, 3.05) is 6.54 Å². The summed E-state index contributed by atoms with van der Waals surface area (Å²) in [7, 11) is 0. The lowest BCUT2D eigenvalue weighted by Gasteiger charge is -2.28. The minimum Gasteiger partial charge on any atom is -0.392 e. The molecule has 1 aromatic rings. The minimum atomic E-state index is -0.260. The van der Waals surface area contributed by atoms with Crippen LogP contribution in [0.4, 0.5) is 0 Å². The SMILES string of the molecule is Cc1cccc(C(CN)C(O)C2CC3CC3C2)c1. The Morgan fingerprint density at radius 1 is 1.28 bits per heavy atom. The van der Waals surface area contributed by atoms with E-state index in [1.807, 2.05) is 0 Å². The summed E-state index contributed by atoms with van der Waals surface area (Å²) < 4.78 is 0. The number of hydrogen-bond donors (Lipinski definition) is 2. The molecule has 2 heteroatoms. The fourth-order valence-corrected chi connectivity index (χ4v) is 3.74. The number of aryl methyl sites for hydroxylation is 1. The van der Waals surface area contributed by atoms with E-state index in [9.17, 15) is 5.11 Å². The highest BCUT2D eigenvalue weighted by molar-refractivity contribution is 5.27. The Balaban J connectivity index is 1.74. The fourth-order valence-electron chi connectivity index (χ4n) is 3.74. The van der Waals surface area contributed by atoms with Crippen LogP contribution in [0, 0.1) is 24.7 Å². The second kappa shape index (κ2) is 4.67. The van der Waals surface area contributed by atoms with E-state index in [1.165, 1.54) is 30.4 Å². The van der Waals surface area contributed by atoms with Gasteiger partial charge in [0.2, 0.25) is 0 Å². The van der Waals surface area contributed by atoms with Gasteiger partial charge in [-0.3, -0.25) is 0 Å². The number of aliphatic hydroxyl groups excluding tert-OH is 1. The molecule has 0 heterocycles. The molecule has 2 fully saturated rings. The first-order valence-corrected chi connectivity index (χ1v) is 7.13. The Labute approximate surface area is 109 Å². The van der Waals surface area contributed by atoms with Gasteiger partial charge in [-0.05, 0) is 49.5 Å². The third kappa shape index (κ3) is 2.19. The lowest BCUT2D eigenvalue weighted by Crippen LogP contribution is -2.32. The molecule has 0 amide bonds. The van der Waals surface area contributed by atoms with Crippen molar-refractivity contribution < 1.29 is 5.11 Å². The van der Waals surface area contributed by atoms with Crippen LogP contribution in [-0.2, 0) is 0 Å². The van der Waals surface area contributed by atoms with Gasteiger partial charge in [0, 0.05) is 12.5 Å². The molecule has 2 saturated carbocycles. The van der Waals surface area contributed by atoms with Crippen LogP contribution < -0.4 is 5.73 Å². The quantitative estimate of drug-likeness (QED) is 0.856. The van der Waals surface area contributed by atoms with Crippen LogP contribution in [0.1, 0.15) is 36.3 Å². The number of nitrogens with two attached hydrogens (primary N) is 1. The lowest BCUT2D eigenvalue weighted by molar-refractivity contribution is 0.0790. The average molecular weight is 245 g/mol. The maximum Gasteiger partial charge on any atom is 0.0649 e. The zero-order chi connectivity index (χ0) is 12.7. The van der Waals surface area contributed by atoms with Crippen LogP contribution >= 0.6 is 0 Å². The summed E-state index contributed by atoms with van der Waals surface area (Å²) in [5.41, 5.74) is 8.35. The van der Waals surface area contributed by atoms with Crippen molar-refractivity contribution in [2.24, 2.45) is 23.5 Å². The first-order valence-electron chi connectivity index (χ1n) is 7.13. The van der Waals surface area contributed by atoms with Gasteiger partial charge in [-0.25, -0.2) is 0 Å². The summed E-state index contributed by atoms with van der Waals surface area (Å²) in [6.45, 7) is 2.63. The van der Waals surface area contributed by atoms with E-state index in [-0.39, 0.29) is 12.0 Å².